The predicted molar refractivity (Wildman–Crippen MR) is 292 cm³/mol. The number of carbonyl (C=O) groups excluding carboxylic acids is 2. The molecule has 0 saturated heterocycles. The Balaban J connectivity index is 4.58. The number of rotatable bonds is 53. The summed E-state index contributed by atoms with van der Waals surface area (Å²) >= 11 is 0. The summed E-state index contributed by atoms with van der Waals surface area (Å²) in [5.41, 5.74) is 0. The minimum absolute atomic E-state index is 0.0526. The van der Waals surface area contributed by atoms with Crippen molar-refractivity contribution in [2.75, 3.05) is 6.61 Å². The van der Waals surface area contributed by atoms with E-state index in [1.807, 2.05) is 0 Å². The van der Waals surface area contributed by atoms with Gasteiger partial charge in [0.25, 0.3) is 0 Å². The molecule has 6 nitrogen and oxygen atoms in total. The van der Waals surface area contributed by atoms with Crippen molar-refractivity contribution in [1.29, 1.82) is 0 Å². The van der Waals surface area contributed by atoms with Crippen LogP contribution in [0.5, 0.6) is 0 Å². The van der Waals surface area contributed by atoms with Crippen LogP contribution < -0.4 is 5.32 Å². The molecule has 0 aromatic carbocycles. The zero-order chi connectivity index (χ0) is 48.8. The second kappa shape index (κ2) is 54.8. The van der Waals surface area contributed by atoms with Gasteiger partial charge >= 0.3 is 5.97 Å². The van der Waals surface area contributed by atoms with Gasteiger partial charge in [-0.3, -0.25) is 9.59 Å². The summed E-state index contributed by atoms with van der Waals surface area (Å²) in [5.74, 6) is -0.503. The molecule has 392 valence electrons. The van der Waals surface area contributed by atoms with Crippen molar-refractivity contribution >= 4 is 11.9 Å². The van der Waals surface area contributed by atoms with Gasteiger partial charge in [0.2, 0.25) is 5.91 Å². The average Bonchev–Trinajstić information content (AvgIpc) is 3.32. The van der Waals surface area contributed by atoms with E-state index in [-0.39, 0.29) is 24.9 Å². The molecule has 1 amide bonds. The molecule has 0 aliphatic heterocycles. The fraction of sp³-hybridized carbons (Fsp3) is 0.836. The number of esters is 1. The SMILES string of the molecule is CCCCC/C=C\C/C=C\C/C=C\CCCCC(CC(=O)NC(CO)C(O)CCCCCCCCCCCCCCCC)OC(=O)CCCCCCCCCCC/C=C/CCCCCCCC. The molecule has 0 aliphatic rings. The van der Waals surface area contributed by atoms with Gasteiger partial charge in [-0.2, -0.15) is 0 Å². The average molecular weight is 941 g/mol. The monoisotopic (exact) mass is 940 g/mol. The number of unbranched alkanes of at least 4 members (excludes halogenated alkanes) is 33. The fourth-order valence-electron chi connectivity index (χ4n) is 8.90. The third-order valence-corrected chi connectivity index (χ3v) is 13.4. The standard InChI is InChI=1S/C61H113NO5/c1-4-7-10-13-16-19-22-25-28-29-30-31-33-36-39-42-45-48-51-54-61(66)67-57(52-49-46-43-40-37-34-32-26-23-20-17-14-11-8-5-2)55-60(65)62-58(56-63)59(64)53-50-47-44-41-38-35-27-24-21-18-15-12-9-6-3/h17,20,25-26,28,32,37,40,57-59,63-64H,4-16,18-19,21-24,27,29-31,33-36,38-39,41-56H2,1-3H3,(H,62,65)/b20-17-,28-25+,32-26-,40-37-. The molecule has 0 radical (unpaired) electrons. The second-order valence-corrected chi connectivity index (χ2v) is 20.0. The highest BCUT2D eigenvalue weighted by atomic mass is 16.5. The van der Waals surface area contributed by atoms with Crippen LogP contribution in [0, 0.1) is 0 Å². The second-order valence-electron chi connectivity index (χ2n) is 20.0. The van der Waals surface area contributed by atoms with E-state index in [4.69, 9.17) is 4.74 Å². The molecule has 0 aromatic rings. The third-order valence-electron chi connectivity index (χ3n) is 13.4. The number of ether oxygens (including phenoxy) is 1. The number of hydrogen-bond donors (Lipinski definition) is 3. The number of aliphatic hydroxyl groups is 2. The molecule has 3 atom stereocenters. The van der Waals surface area contributed by atoms with Crippen LogP contribution in [-0.2, 0) is 14.3 Å². The quantitative estimate of drug-likeness (QED) is 0.0321. The lowest BCUT2D eigenvalue weighted by Crippen LogP contribution is -2.46. The van der Waals surface area contributed by atoms with E-state index < -0.39 is 18.2 Å². The minimum atomic E-state index is -0.798. The van der Waals surface area contributed by atoms with E-state index >= 15 is 0 Å². The Bertz CT molecular complexity index is 1150. The summed E-state index contributed by atoms with van der Waals surface area (Å²) in [6.45, 7) is 6.47. The van der Waals surface area contributed by atoms with Crippen molar-refractivity contribution in [1.82, 2.24) is 5.32 Å². The maximum absolute atomic E-state index is 13.3. The first kappa shape index (κ1) is 64.8. The van der Waals surface area contributed by atoms with Crippen LogP contribution in [-0.4, -0.2) is 46.9 Å². The molecule has 0 aliphatic carbocycles. The molecule has 0 rings (SSSR count). The van der Waals surface area contributed by atoms with E-state index in [1.165, 1.54) is 186 Å². The highest BCUT2D eigenvalue weighted by molar-refractivity contribution is 5.77. The first-order valence-electron chi connectivity index (χ1n) is 29.4. The number of hydrogen-bond acceptors (Lipinski definition) is 5. The molecule has 3 N–H and O–H groups in total. The van der Waals surface area contributed by atoms with Crippen LogP contribution in [0.2, 0.25) is 0 Å². The van der Waals surface area contributed by atoms with E-state index in [0.717, 1.165) is 70.6 Å². The summed E-state index contributed by atoms with van der Waals surface area (Å²) in [4.78, 5) is 26.3. The van der Waals surface area contributed by atoms with Crippen LogP contribution in [0.3, 0.4) is 0 Å². The Labute approximate surface area is 416 Å². The number of carbonyl (C=O) groups is 2. The summed E-state index contributed by atoms with van der Waals surface area (Å²) in [6, 6.07) is -0.714. The van der Waals surface area contributed by atoms with Gasteiger partial charge in [-0.15, -0.1) is 0 Å². The van der Waals surface area contributed by atoms with Crippen LogP contribution in [0.15, 0.2) is 48.6 Å². The van der Waals surface area contributed by atoms with Crippen LogP contribution in [0.4, 0.5) is 0 Å². The molecule has 0 fully saturated rings. The van der Waals surface area contributed by atoms with Gasteiger partial charge in [-0.25, -0.2) is 0 Å². The van der Waals surface area contributed by atoms with Gasteiger partial charge in [-0.05, 0) is 89.9 Å². The van der Waals surface area contributed by atoms with Crippen molar-refractivity contribution in [3.8, 4) is 0 Å². The van der Waals surface area contributed by atoms with Gasteiger partial charge < -0.3 is 20.3 Å². The normalized spacial score (nSPS) is 13.4. The molecule has 67 heavy (non-hydrogen) atoms. The summed E-state index contributed by atoms with van der Waals surface area (Å²) in [5, 5.41) is 23.9. The Morgan fingerprint density at radius 2 is 0.761 bits per heavy atom. The summed E-state index contributed by atoms with van der Waals surface area (Å²) in [7, 11) is 0. The van der Waals surface area contributed by atoms with Crippen LogP contribution >= 0.6 is 0 Å². The molecular formula is C61H113NO5. The topological polar surface area (TPSA) is 95.9 Å². The largest absolute Gasteiger partial charge is 0.462 e. The van der Waals surface area contributed by atoms with E-state index in [9.17, 15) is 19.8 Å². The van der Waals surface area contributed by atoms with E-state index in [0.29, 0.717) is 19.3 Å². The molecular weight excluding hydrogens is 827 g/mol. The van der Waals surface area contributed by atoms with Crippen LogP contribution in [0.25, 0.3) is 0 Å². The van der Waals surface area contributed by atoms with Crippen molar-refractivity contribution in [3.63, 3.8) is 0 Å². The lowest BCUT2D eigenvalue weighted by molar-refractivity contribution is -0.151. The smallest absolute Gasteiger partial charge is 0.306 e. The number of allylic oxidation sites excluding steroid dienone is 8. The summed E-state index contributed by atoms with van der Waals surface area (Å²) in [6.07, 6.45) is 67.5. The number of nitrogens with one attached hydrogen (secondary N) is 1. The zero-order valence-corrected chi connectivity index (χ0v) is 44.8. The summed E-state index contributed by atoms with van der Waals surface area (Å²) < 4.78 is 5.95. The molecule has 0 aromatic heterocycles. The number of amides is 1. The van der Waals surface area contributed by atoms with Crippen molar-refractivity contribution in [3.05, 3.63) is 48.6 Å². The van der Waals surface area contributed by atoms with Crippen LogP contribution in [0.1, 0.15) is 303 Å². The maximum Gasteiger partial charge on any atom is 0.306 e. The lowest BCUT2D eigenvalue weighted by Gasteiger charge is -2.24. The van der Waals surface area contributed by atoms with Crippen molar-refractivity contribution < 1.29 is 24.5 Å². The highest BCUT2D eigenvalue weighted by Gasteiger charge is 2.24. The molecule has 6 heteroatoms. The molecule has 0 heterocycles. The van der Waals surface area contributed by atoms with Gasteiger partial charge in [0.1, 0.15) is 6.10 Å². The van der Waals surface area contributed by atoms with E-state index in [2.05, 4.69) is 74.7 Å². The Morgan fingerprint density at radius 3 is 1.21 bits per heavy atom. The van der Waals surface area contributed by atoms with E-state index in [1.54, 1.807) is 0 Å². The molecule has 0 bridgehead atoms. The Morgan fingerprint density at radius 1 is 0.433 bits per heavy atom. The molecule has 3 unspecified atom stereocenters. The zero-order valence-electron chi connectivity index (χ0n) is 44.8. The molecule has 0 spiro atoms. The molecule has 0 saturated carbocycles. The van der Waals surface area contributed by atoms with Gasteiger partial charge in [-0.1, -0.05) is 249 Å². The fourth-order valence-corrected chi connectivity index (χ4v) is 8.90. The van der Waals surface area contributed by atoms with Gasteiger partial charge in [0.05, 0.1) is 25.2 Å². The first-order chi connectivity index (χ1) is 33.0. The maximum atomic E-state index is 13.3. The van der Waals surface area contributed by atoms with Gasteiger partial charge in [0, 0.05) is 6.42 Å². The lowest BCUT2D eigenvalue weighted by atomic mass is 10.0. The Kier molecular flexibility index (Phi) is 53.0. The number of aliphatic hydroxyl groups excluding tert-OH is 2. The predicted octanol–water partition coefficient (Wildman–Crippen LogP) is 18.2. The third kappa shape index (κ3) is 50.0. The van der Waals surface area contributed by atoms with Gasteiger partial charge in [0.15, 0.2) is 0 Å². The van der Waals surface area contributed by atoms with Crippen molar-refractivity contribution in [2.24, 2.45) is 0 Å². The highest BCUT2D eigenvalue weighted by Crippen LogP contribution is 2.18. The minimum Gasteiger partial charge on any atom is -0.462 e. The van der Waals surface area contributed by atoms with Crippen molar-refractivity contribution in [2.45, 2.75) is 322 Å². The Hall–Kier alpha value is -2.18. The first-order valence-corrected chi connectivity index (χ1v) is 29.4.